The highest BCUT2D eigenvalue weighted by molar-refractivity contribution is 7.92. The Morgan fingerprint density at radius 2 is 2.05 bits per heavy atom. The summed E-state index contributed by atoms with van der Waals surface area (Å²) in [6.07, 6.45) is 5.35. The van der Waals surface area contributed by atoms with Crippen LogP contribution in [0.4, 0.5) is 11.5 Å². The standard InChI is InChI=1S/C14H18N4O2S/c1-3-6-16-12-5-7-15-10-13(12)21(19,20)18-14-9-11(2)4-8-17-14/h4-5,7-10H,3,6H2,1-2H3,(H,15,16)(H,17,18). The van der Waals surface area contributed by atoms with Gasteiger partial charge >= 0.3 is 0 Å². The summed E-state index contributed by atoms with van der Waals surface area (Å²) in [4.78, 5) is 8.02. The lowest BCUT2D eigenvalue weighted by molar-refractivity contribution is 0.601. The van der Waals surface area contributed by atoms with E-state index in [-0.39, 0.29) is 4.90 Å². The van der Waals surface area contributed by atoms with Crippen LogP contribution in [0.2, 0.25) is 0 Å². The Hall–Kier alpha value is -2.15. The van der Waals surface area contributed by atoms with Gasteiger partial charge in [0.05, 0.1) is 5.69 Å². The summed E-state index contributed by atoms with van der Waals surface area (Å²) in [7, 11) is -3.73. The van der Waals surface area contributed by atoms with Gasteiger partial charge in [-0.15, -0.1) is 0 Å². The van der Waals surface area contributed by atoms with Gasteiger partial charge in [-0.25, -0.2) is 13.4 Å². The first-order valence-electron chi connectivity index (χ1n) is 6.66. The average molecular weight is 306 g/mol. The van der Waals surface area contributed by atoms with Crippen LogP contribution < -0.4 is 10.0 Å². The Balaban J connectivity index is 2.31. The van der Waals surface area contributed by atoms with E-state index in [1.165, 1.54) is 6.20 Å². The van der Waals surface area contributed by atoms with Crippen LogP contribution >= 0.6 is 0 Å². The smallest absolute Gasteiger partial charge is 0.266 e. The van der Waals surface area contributed by atoms with Crippen LogP contribution in [0.25, 0.3) is 0 Å². The van der Waals surface area contributed by atoms with Gasteiger partial charge in [0.25, 0.3) is 10.0 Å². The first-order valence-corrected chi connectivity index (χ1v) is 8.14. The molecule has 0 aromatic carbocycles. The van der Waals surface area contributed by atoms with Crippen molar-refractivity contribution in [2.75, 3.05) is 16.6 Å². The normalized spacial score (nSPS) is 11.1. The van der Waals surface area contributed by atoms with Gasteiger partial charge in [0.2, 0.25) is 0 Å². The quantitative estimate of drug-likeness (QED) is 0.856. The number of sulfonamides is 1. The molecule has 112 valence electrons. The lowest BCUT2D eigenvalue weighted by Gasteiger charge is -2.12. The fraction of sp³-hybridized carbons (Fsp3) is 0.286. The van der Waals surface area contributed by atoms with E-state index >= 15 is 0 Å². The van der Waals surface area contributed by atoms with E-state index in [0.717, 1.165) is 12.0 Å². The van der Waals surface area contributed by atoms with E-state index in [9.17, 15) is 8.42 Å². The van der Waals surface area contributed by atoms with E-state index < -0.39 is 10.0 Å². The van der Waals surface area contributed by atoms with Gasteiger partial charge in [0, 0.05) is 25.1 Å². The Morgan fingerprint density at radius 3 is 2.76 bits per heavy atom. The maximum Gasteiger partial charge on any atom is 0.266 e. The zero-order chi connectivity index (χ0) is 15.3. The van der Waals surface area contributed by atoms with Gasteiger partial charge in [-0.1, -0.05) is 6.92 Å². The van der Waals surface area contributed by atoms with Crippen molar-refractivity contribution in [1.82, 2.24) is 9.97 Å². The molecular weight excluding hydrogens is 288 g/mol. The van der Waals surface area contributed by atoms with Crippen LogP contribution in [-0.2, 0) is 10.0 Å². The highest BCUT2D eigenvalue weighted by Crippen LogP contribution is 2.22. The second kappa shape index (κ2) is 6.53. The van der Waals surface area contributed by atoms with Crippen molar-refractivity contribution in [3.05, 3.63) is 42.4 Å². The molecule has 2 heterocycles. The third-order valence-corrected chi connectivity index (χ3v) is 4.18. The molecule has 21 heavy (non-hydrogen) atoms. The van der Waals surface area contributed by atoms with E-state index in [2.05, 4.69) is 20.0 Å². The predicted octanol–water partition coefficient (Wildman–Crippen LogP) is 2.41. The number of anilines is 2. The first kappa shape index (κ1) is 15.2. The molecule has 7 heteroatoms. The Kier molecular flexibility index (Phi) is 4.74. The minimum Gasteiger partial charge on any atom is -0.384 e. The molecule has 2 aromatic heterocycles. The molecule has 0 bridgehead atoms. The molecule has 0 saturated heterocycles. The fourth-order valence-electron chi connectivity index (χ4n) is 1.78. The minimum absolute atomic E-state index is 0.113. The van der Waals surface area contributed by atoms with E-state index in [1.807, 2.05) is 13.8 Å². The number of aryl methyl sites for hydroxylation is 1. The number of nitrogens with zero attached hydrogens (tertiary/aromatic N) is 2. The highest BCUT2D eigenvalue weighted by Gasteiger charge is 2.19. The zero-order valence-electron chi connectivity index (χ0n) is 12.0. The fourth-order valence-corrected chi connectivity index (χ4v) is 2.91. The topological polar surface area (TPSA) is 84.0 Å². The number of aromatic nitrogens is 2. The second-order valence-corrected chi connectivity index (χ2v) is 6.27. The Bertz CT molecular complexity index is 716. The molecule has 6 nitrogen and oxygen atoms in total. The third kappa shape index (κ3) is 3.91. The molecule has 0 aliphatic carbocycles. The molecule has 0 aliphatic rings. The van der Waals surface area contributed by atoms with Crippen molar-refractivity contribution in [2.45, 2.75) is 25.2 Å². The van der Waals surface area contributed by atoms with Crippen LogP contribution in [-0.4, -0.2) is 24.9 Å². The van der Waals surface area contributed by atoms with Crippen LogP contribution in [0.1, 0.15) is 18.9 Å². The molecule has 0 saturated carbocycles. The lowest BCUT2D eigenvalue weighted by Crippen LogP contribution is -2.16. The second-order valence-electron chi connectivity index (χ2n) is 4.62. The monoisotopic (exact) mass is 306 g/mol. The molecule has 0 amide bonds. The van der Waals surface area contributed by atoms with Gasteiger partial charge < -0.3 is 5.32 Å². The largest absolute Gasteiger partial charge is 0.384 e. The van der Waals surface area contributed by atoms with Crippen molar-refractivity contribution in [3.63, 3.8) is 0 Å². The summed E-state index contributed by atoms with van der Waals surface area (Å²) >= 11 is 0. The number of rotatable bonds is 6. The number of nitrogens with one attached hydrogen (secondary N) is 2. The number of hydrogen-bond acceptors (Lipinski definition) is 5. The maximum absolute atomic E-state index is 12.5. The minimum atomic E-state index is -3.73. The summed E-state index contributed by atoms with van der Waals surface area (Å²) in [5.74, 6) is 0.292. The van der Waals surface area contributed by atoms with Gasteiger partial charge in [-0.05, 0) is 37.1 Å². The van der Waals surface area contributed by atoms with Crippen LogP contribution in [0.15, 0.2) is 41.7 Å². The van der Waals surface area contributed by atoms with Gasteiger partial charge in [-0.3, -0.25) is 9.71 Å². The Labute approximate surface area is 124 Å². The molecule has 2 aromatic rings. The SMILES string of the molecule is CCCNc1ccncc1S(=O)(=O)Nc1cc(C)ccn1. The predicted molar refractivity (Wildman–Crippen MR) is 82.8 cm³/mol. The zero-order valence-corrected chi connectivity index (χ0v) is 12.8. The molecule has 0 spiro atoms. The van der Waals surface area contributed by atoms with Crippen molar-refractivity contribution < 1.29 is 8.42 Å². The molecular formula is C14H18N4O2S. The molecule has 2 rings (SSSR count). The number of hydrogen-bond donors (Lipinski definition) is 2. The van der Waals surface area contributed by atoms with Crippen molar-refractivity contribution in [2.24, 2.45) is 0 Å². The lowest BCUT2D eigenvalue weighted by atomic mass is 10.3. The summed E-state index contributed by atoms with van der Waals surface area (Å²) in [5, 5.41) is 3.09. The van der Waals surface area contributed by atoms with E-state index in [0.29, 0.717) is 18.1 Å². The summed E-state index contributed by atoms with van der Waals surface area (Å²) in [6.45, 7) is 4.57. The van der Waals surface area contributed by atoms with Crippen molar-refractivity contribution in [3.8, 4) is 0 Å². The first-order chi connectivity index (χ1) is 10.0. The summed E-state index contributed by atoms with van der Waals surface area (Å²) in [5.41, 5.74) is 1.46. The van der Waals surface area contributed by atoms with Gasteiger partial charge in [0.1, 0.15) is 10.7 Å². The number of pyridine rings is 2. The van der Waals surface area contributed by atoms with Crippen molar-refractivity contribution >= 4 is 21.5 Å². The van der Waals surface area contributed by atoms with Crippen molar-refractivity contribution in [1.29, 1.82) is 0 Å². The summed E-state index contributed by atoms with van der Waals surface area (Å²) in [6, 6.07) is 5.12. The molecule has 0 radical (unpaired) electrons. The van der Waals surface area contributed by atoms with Gasteiger partial charge in [-0.2, -0.15) is 0 Å². The molecule has 0 unspecified atom stereocenters. The highest BCUT2D eigenvalue weighted by atomic mass is 32.2. The van der Waals surface area contributed by atoms with Crippen LogP contribution in [0.5, 0.6) is 0 Å². The Morgan fingerprint density at radius 1 is 1.24 bits per heavy atom. The average Bonchev–Trinajstić information content (AvgIpc) is 2.45. The molecule has 2 N–H and O–H groups in total. The molecule has 0 atom stereocenters. The van der Waals surface area contributed by atoms with E-state index in [1.54, 1.807) is 30.6 Å². The molecule has 0 aliphatic heterocycles. The third-order valence-electron chi connectivity index (χ3n) is 2.79. The van der Waals surface area contributed by atoms with Gasteiger partial charge in [0.15, 0.2) is 0 Å². The van der Waals surface area contributed by atoms with Crippen LogP contribution in [0, 0.1) is 6.92 Å². The van der Waals surface area contributed by atoms with E-state index in [4.69, 9.17) is 0 Å². The summed E-state index contributed by atoms with van der Waals surface area (Å²) < 4.78 is 27.4. The van der Waals surface area contributed by atoms with Crippen LogP contribution in [0.3, 0.4) is 0 Å². The molecule has 0 fully saturated rings. The maximum atomic E-state index is 12.5.